The third-order valence-corrected chi connectivity index (χ3v) is 4.97. The highest BCUT2D eigenvalue weighted by Crippen LogP contribution is 2.37. The van der Waals surface area contributed by atoms with Crippen molar-refractivity contribution in [3.05, 3.63) is 28.2 Å². The molecule has 0 aliphatic heterocycles. The number of carboxylic acid groups (broad SMARTS) is 1. The highest BCUT2D eigenvalue weighted by atomic mass is 32.1. The molecule has 1 amide bonds. The van der Waals surface area contributed by atoms with Crippen molar-refractivity contribution in [2.24, 2.45) is 0 Å². The largest absolute Gasteiger partial charge is 0.478 e. The number of esters is 1. The van der Waals surface area contributed by atoms with Crippen LogP contribution in [0.25, 0.3) is 0 Å². The number of aliphatic carboxylic acids is 1. The van der Waals surface area contributed by atoms with Crippen LogP contribution >= 0.6 is 11.3 Å². The zero-order valence-electron chi connectivity index (χ0n) is 13.6. The van der Waals surface area contributed by atoms with E-state index in [1.165, 1.54) is 11.3 Å². The van der Waals surface area contributed by atoms with Gasteiger partial charge in [-0.1, -0.05) is 12.8 Å². The molecule has 0 aromatic carbocycles. The molecule has 0 saturated heterocycles. The van der Waals surface area contributed by atoms with Crippen LogP contribution in [0.2, 0.25) is 0 Å². The fraction of sp³-hybridized carbons (Fsp3) is 0.471. The Kier molecular flexibility index (Phi) is 6.54. The number of aryl methyl sites for hydroxylation is 1. The van der Waals surface area contributed by atoms with Gasteiger partial charge < -0.3 is 15.2 Å². The lowest BCUT2D eigenvalue weighted by Gasteiger charge is -2.11. The number of carbonyl (C=O) groups excluding carboxylic acids is 2. The molecule has 0 radical (unpaired) electrons. The molecular weight excluding hydrogens is 330 g/mol. The van der Waals surface area contributed by atoms with Gasteiger partial charge in [-0.3, -0.25) is 4.79 Å². The van der Waals surface area contributed by atoms with Gasteiger partial charge in [-0.2, -0.15) is 0 Å². The zero-order chi connectivity index (χ0) is 17.5. The first-order chi connectivity index (χ1) is 11.5. The summed E-state index contributed by atoms with van der Waals surface area (Å²) in [5.74, 6) is -2.21. The van der Waals surface area contributed by atoms with Crippen molar-refractivity contribution in [1.82, 2.24) is 0 Å². The molecule has 0 fully saturated rings. The first kappa shape index (κ1) is 18.2. The van der Waals surface area contributed by atoms with Crippen LogP contribution in [0.5, 0.6) is 0 Å². The first-order valence-electron chi connectivity index (χ1n) is 8.06. The summed E-state index contributed by atoms with van der Waals surface area (Å²) in [5.41, 5.74) is 1.39. The van der Waals surface area contributed by atoms with E-state index >= 15 is 0 Å². The minimum absolute atomic E-state index is 0.260. The summed E-state index contributed by atoms with van der Waals surface area (Å²) in [5, 5.41) is 11.7. The lowest BCUT2D eigenvalue weighted by molar-refractivity contribution is -0.131. The molecule has 1 aromatic heterocycles. The summed E-state index contributed by atoms with van der Waals surface area (Å²) in [6.45, 7) is 2.00. The van der Waals surface area contributed by atoms with Crippen LogP contribution in [-0.2, 0) is 27.2 Å². The molecule has 130 valence electrons. The van der Waals surface area contributed by atoms with Crippen molar-refractivity contribution in [3.63, 3.8) is 0 Å². The predicted octanol–water partition coefficient (Wildman–Crippen LogP) is 3.16. The average molecular weight is 351 g/mol. The number of ether oxygens (including phenoxy) is 1. The Morgan fingerprint density at radius 3 is 2.54 bits per heavy atom. The molecule has 1 aliphatic carbocycles. The molecule has 0 atom stereocenters. The summed E-state index contributed by atoms with van der Waals surface area (Å²) in [6.07, 6.45) is 7.73. The van der Waals surface area contributed by atoms with Crippen LogP contribution in [0, 0.1) is 0 Å². The van der Waals surface area contributed by atoms with Gasteiger partial charge in [-0.05, 0) is 38.2 Å². The SMILES string of the molecule is CCOC(=O)c1c(NC(=O)C=CC(=O)O)sc2c1CCCCCC2. The fourth-order valence-electron chi connectivity index (χ4n) is 2.73. The molecule has 0 saturated carbocycles. The summed E-state index contributed by atoms with van der Waals surface area (Å²) >= 11 is 1.39. The third-order valence-electron chi connectivity index (χ3n) is 3.76. The van der Waals surface area contributed by atoms with E-state index in [4.69, 9.17) is 9.84 Å². The minimum atomic E-state index is -1.20. The highest BCUT2D eigenvalue weighted by Gasteiger charge is 2.25. The maximum atomic E-state index is 12.4. The summed E-state index contributed by atoms with van der Waals surface area (Å²) < 4.78 is 5.15. The van der Waals surface area contributed by atoms with Crippen molar-refractivity contribution in [2.45, 2.75) is 45.4 Å². The van der Waals surface area contributed by atoms with E-state index in [1.807, 2.05) is 0 Å². The minimum Gasteiger partial charge on any atom is -0.478 e. The standard InChI is InChI=1S/C17H21NO5S/c1-2-23-17(22)15-11-7-5-3-4-6-8-12(11)24-16(15)18-13(19)9-10-14(20)21/h9-10H,2-8H2,1H3,(H,18,19)(H,20,21). The summed E-state index contributed by atoms with van der Waals surface area (Å²) in [7, 11) is 0. The van der Waals surface area contributed by atoms with Gasteiger partial charge in [-0.25, -0.2) is 9.59 Å². The quantitative estimate of drug-likeness (QED) is 0.628. The molecule has 0 bridgehead atoms. The van der Waals surface area contributed by atoms with Gasteiger partial charge in [0, 0.05) is 17.0 Å². The van der Waals surface area contributed by atoms with Crippen LogP contribution < -0.4 is 5.32 Å². The second-order valence-corrected chi connectivity index (χ2v) is 6.61. The number of hydrogen-bond acceptors (Lipinski definition) is 5. The van der Waals surface area contributed by atoms with Crippen molar-refractivity contribution in [3.8, 4) is 0 Å². The Labute approximate surface area is 144 Å². The van der Waals surface area contributed by atoms with Gasteiger partial charge in [0.2, 0.25) is 5.91 Å². The van der Waals surface area contributed by atoms with E-state index in [9.17, 15) is 14.4 Å². The number of fused-ring (bicyclic) bond motifs is 1. The van der Waals surface area contributed by atoms with Gasteiger partial charge in [0.1, 0.15) is 5.00 Å². The van der Waals surface area contributed by atoms with E-state index in [-0.39, 0.29) is 6.61 Å². The van der Waals surface area contributed by atoms with Crippen LogP contribution in [0.1, 0.15) is 53.4 Å². The first-order valence-corrected chi connectivity index (χ1v) is 8.88. The zero-order valence-corrected chi connectivity index (χ0v) is 14.4. The van der Waals surface area contributed by atoms with Crippen LogP contribution in [0.3, 0.4) is 0 Å². The Bertz CT molecular complexity index is 662. The van der Waals surface area contributed by atoms with E-state index in [0.717, 1.165) is 61.1 Å². The average Bonchev–Trinajstić information content (AvgIpc) is 2.82. The van der Waals surface area contributed by atoms with Crippen molar-refractivity contribution in [2.75, 3.05) is 11.9 Å². The molecule has 0 unspecified atom stereocenters. The second kappa shape index (κ2) is 8.63. The lowest BCUT2D eigenvalue weighted by atomic mass is 9.96. The molecule has 1 heterocycles. The Morgan fingerprint density at radius 2 is 1.88 bits per heavy atom. The van der Waals surface area contributed by atoms with Crippen molar-refractivity contribution < 1.29 is 24.2 Å². The summed E-state index contributed by atoms with van der Waals surface area (Å²) in [6, 6.07) is 0. The third kappa shape index (κ3) is 4.67. The Balaban J connectivity index is 2.34. The van der Waals surface area contributed by atoms with Gasteiger partial charge in [0.05, 0.1) is 12.2 Å². The number of thiophene rings is 1. The number of carbonyl (C=O) groups is 3. The molecule has 1 aromatic rings. The van der Waals surface area contributed by atoms with Gasteiger partial charge >= 0.3 is 11.9 Å². The smallest absolute Gasteiger partial charge is 0.341 e. The Hall–Kier alpha value is -2.15. The van der Waals surface area contributed by atoms with Crippen LogP contribution in [0.4, 0.5) is 5.00 Å². The molecule has 7 heteroatoms. The number of amides is 1. The van der Waals surface area contributed by atoms with Gasteiger partial charge in [0.25, 0.3) is 0 Å². The van der Waals surface area contributed by atoms with Gasteiger partial charge in [0.15, 0.2) is 0 Å². The van der Waals surface area contributed by atoms with E-state index in [2.05, 4.69) is 5.32 Å². The fourth-order valence-corrected chi connectivity index (χ4v) is 4.01. The number of nitrogens with one attached hydrogen (secondary N) is 1. The van der Waals surface area contributed by atoms with Crippen molar-refractivity contribution in [1.29, 1.82) is 0 Å². The number of hydrogen-bond donors (Lipinski definition) is 2. The van der Waals surface area contributed by atoms with E-state index in [1.54, 1.807) is 6.92 Å². The van der Waals surface area contributed by atoms with Crippen molar-refractivity contribution >= 4 is 34.2 Å². The van der Waals surface area contributed by atoms with E-state index in [0.29, 0.717) is 10.6 Å². The molecule has 2 rings (SSSR count). The second-order valence-electron chi connectivity index (χ2n) is 5.50. The number of carboxylic acids is 1. The maximum Gasteiger partial charge on any atom is 0.341 e. The van der Waals surface area contributed by atoms with Crippen LogP contribution in [0.15, 0.2) is 12.2 Å². The molecule has 0 spiro atoms. The highest BCUT2D eigenvalue weighted by molar-refractivity contribution is 7.17. The van der Waals surface area contributed by atoms with Gasteiger partial charge in [-0.15, -0.1) is 11.3 Å². The predicted molar refractivity (Wildman–Crippen MR) is 91.6 cm³/mol. The van der Waals surface area contributed by atoms with E-state index < -0.39 is 17.8 Å². The summed E-state index contributed by atoms with van der Waals surface area (Å²) in [4.78, 5) is 35.9. The maximum absolute atomic E-state index is 12.4. The number of rotatable bonds is 5. The number of anilines is 1. The molecule has 6 nitrogen and oxygen atoms in total. The topological polar surface area (TPSA) is 92.7 Å². The monoisotopic (exact) mass is 351 g/mol. The normalized spacial score (nSPS) is 14.5. The molecular formula is C17H21NO5S. The lowest BCUT2D eigenvalue weighted by Crippen LogP contribution is -2.14. The Morgan fingerprint density at radius 1 is 1.17 bits per heavy atom. The molecule has 2 N–H and O–H groups in total. The molecule has 24 heavy (non-hydrogen) atoms. The molecule has 1 aliphatic rings. The van der Waals surface area contributed by atoms with Crippen LogP contribution in [-0.4, -0.2) is 29.6 Å².